The van der Waals surface area contributed by atoms with E-state index in [1.807, 2.05) is 18.5 Å². The molecule has 2 heterocycles. The van der Waals surface area contributed by atoms with E-state index in [1.165, 1.54) is 5.56 Å². The Morgan fingerprint density at radius 1 is 1.25 bits per heavy atom. The van der Waals surface area contributed by atoms with Gasteiger partial charge in [0.25, 0.3) is 0 Å². The fourth-order valence-corrected chi connectivity index (χ4v) is 2.67. The minimum Gasteiger partial charge on any atom is -0.399 e. The van der Waals surface area contributed by atoms with Gasteiger partial charge in [0.1, 0.15) is 12.2 Å². The van der Waals surface area contributed by atoms with Crippen LogP contribution >= 0.6 is 0 Å². The van der Waals surface area contributed by atoms with Crippen molar-refractivity contribution in [1.82, 2.24) is 19.7 Å². The van der Waals surface area contributed by atoms with Gasteiger partial charge in [0.05, 0.1) is 6.54 Å². The van der Waals surface area contributed by atoms with Crippen LogP contribution in [0, 0.1) is 0 Å². The molecule has 106 valence electrons. The molecule has 0 saturated heterocycles. The molecule has 3 rings (SSSR count). The van der Waals surface area contributed by atoms with Crippen molar-refractivity contribution in [2.24, 2.45) is 0 Å². The van der Waals surface area contributed by atoms with Crippen LogP contribution in [0.3, 0.4) is 0 Å². The molecule has 1 aliphatic heterocycles. The maximum atomic E-state index is 5.73. The number of aromatic nitrogens is 3. The van der Waals surface area contributed by atoms with Crippen LogP contribution in [0.2, 0.25) is 0 Å². The highest BCUT2D eigenvalue weighted by Crippen LogP contribution is 2.21. The van der Waals surface area contributed by atoms with Gasteiger partial charge in [-0.15, -0.1) is 10.2 Å². The lowest BCUT2D eigenvalue weighted by molar-refractivity contribution is 0.210. The highest BCUT2D eigenvalue weighted by Gasteiger charge is 2.17. The Hall–Kier alpha value is -1.88. The summed E-state index contributed by atoms with van der Waals surface area (Å²) in [6, 6.07) is 8.23. The number of nitrogens with zero attached hydrogens (tertiary/aromatic N) is 4. The predicted octanol–water partition coefficient (Wildman–Crippen LogP) is 1.87. The van der Waals surface area contributed by atoms with Crippen LogP contribution in [0.15, 0.2) is 30.6 Å². The average Bonchev–Trinajstić information content (AvgIpc) is 2.93. The van der Waals surface area contributed by atoms with Gasteiger partial charge in [-0.1, -0.05) is 19.1 Å². The highest BCUT2D eigenvalue weighted by molar-refractivity contribution is 5.40. The van der Waals surface area contributed by atoms with Crippen molar-refractivity contribution in [3.63, 3.8) is 0 Å². The second-order valence-corrected chi connectivity index (χ2v) is 5.57. The monoisotopic (exact) mass is 271 g/mol. The summed E-state index contributed by atoms with van der Waals surface area (Å²) in [6.45, 7) is 6.36. The van der Waals surface area contributed by atoms with E-state index >= 15 is 0 Å². The van der Waals surface area contributed by atoms with Crippen molar-refractivity contribution in [3.8, 4) is 0 Å². The van der Waals surface area contributed by atoms with Crippen molar-refractivity contribution in [2.45, 2.75) is 32.4 Å². The largest absolute Gasteiger partial charge is 0.399 e. The van der Waals surface area contributed by atoms with Gasteiger partial charge in [0, 0.05) is 18.8 Å². The molecule has 1 unspecified atom stereocenters. The molecule has 0 aliphatic carbocycles. The van der Waals surface area contributed by atoms with Crippen LogP contribution < -0.4 is 5.73 Å². The number of anilines is 1. The standard InChI is InChI=1S/C15H21N5/c1-12(13-2-4-14(16)5-3-13)6-7-19-8-9-20-11-17-18-15(20)10-19/h2-5,11-12H,6-10,16H2,1H3. The SMILES string of the molecule is CC(CCN1CCn2cnnc2C1)c1ccc(N)cc1. The molecule has 1 aliphatic rings. The van der Waals surface area contributed by atoms with Gasteiger partial charge >= 0.3 is 0 Å². The fourth-order valence-electron chi connectivity index (χ4n) is 2.67. The predicted molar refractivity (Wildman–Crippen MR) is 79.2 cm³/mol. The number of hydrogen-bond acceptors (Lipinski definition) is 4. The van der Waals surface area contributed by atoms with Crippen molar-refractivity contribution in [2.75, 3.05) is 18.8 Å². The van der Waals surface area contributed by atoms with Gasteiger partial charge in [-0.3, -0.25) is 4.90 Å². The number of nitrogens with two attached hydrogens (primary N) is 1. The molecule has 1 aromatic heterocycles. The van der Waals surface area contributed by atoms with Crippen LogP contribution in [0.4, 0.5) is 5.69 Å². The van der Waals surface area contributed by atoms with Gasteiger partial charge in [-0.2, -0.15) is 0 Å². The second-order valence-electron chi connectivity index (χ2n) is 5.57. The lowest BCUT2D eigenvalue weighted by atomic mass is 9.97. The summed E-state index contributed by atoms with van der Waals surface area (Å²) in [5.74, 6) is 1.63. The van der Waals surface area contributed by atoms with E-state index in [2.05, 4.69) is 38.7 Å². The molecule has 20 heavy (non-hydrogen) atoms. The smallest absolute Gasteiger partial charge is 0.147 e. The maximum Gasteiger partial charge on any atom is 0.147 e. The van der Waals surface area contributed by atoms with E-state index in [0.717, 1.165) is 44.1 Å². The van der Waals surface area contributed by atoms with Gasteiger partial charge < -0.3 is 10.3 Å². The molecule has 0 bridgehead atoms. The summed E-state index contributed by atoms with van der Waals surface area (Å²) in [5, 5.41) is 8.12. The molecule has 0 fully saturated rings. The van der Waals surface area contributed by atoms with Crippen LogP contribution in [0.25, 0.3) is 0 Å². The topological polar surface area (TPSA) is 60.0 Å². The third kappa shape index (κ3) is 2.82. The Labute approximate surface area is 119 Å². The van der Waals surface area contributed by atoms with Crippen molar-refractivity contribution >= 4 is 5.69 Å². The highest BCUT2D eigenvalue weighted by atomic mass is 15.3. The zero-order chi connectivity index (χ0) is 13.9. The summed E-state index contributed by atoms with van der Waals surface area (Å²) >= 11 is 0. The molecular formula is C15H21N5. The maximum absolute atomic E-state index is 5.73. The first kappa shape index (κ1) is 13.1. The van der Waals surface area contributed by atoms with E-state index in [-0.39, 0.29) is 0 Å². The fraction of sp³-hybridized carbons (Fsp3) is 0.467. The summed E-state index contributed by atoms with van der Waals surface area (Å²) in [6.07, 6.45) is 2.97. The lowest BCUT2D eigenvalue weighted by Gasteiger charge is -2.27. The molecule has 5 heteroatoms. The summed E-state index contributed by atoms with van der Waals surface area (Å²) < 4.78 is 2.14. The summed E-state index contributed by atoms with van der Waals surface area (Å²) in [7, 11) is 0. The molecule has 0 saturated carbocycles. The Bertz CT molecular complexity index is 560. The van der Waals surface area contributed by atoms with Crippen molar-refractivity contribution in [1.29, 1.82) is 0 Å². The quantitative estimate of drug-likeness (QED) is 0.862. The van der Waals surface area contributed by atoms with E-state index in [9.17, 15) is 0 Å². The molecule has 2 N–H and O–H groups in total. The second kappa shape index (κ2) is 5.63. The normalized spacial score (nSPS) is 16.9. The van der Waals surface area contributed by atoms with Crippen LogP contribution in [0.1, 0.15) is 30.7 Å². The minimum atomic E-state index is 0.551. The van der Waals surface area contributed by atoms with Crippen LogP contribution in [-0.4, -0.2) is 32.8 Å². The Balaban J connectivity index is 1.54. The van der Waals surface area contributed by atoms with E-state index < -0.39 is 0 Å². The number of nitrogen functional groups attached to an aromatic ring is 1. The third-order valence-electron chi connectivity index (χ3n) is 4.10. The molecule has 0 radical (unpaired) electrons. The van der Waals surface area contributed by atoms with Gasteiger partial charge in [-0.25, -0.2) is 0 Å². The molecule has 2 aromatic rings. The van der Waals surface area contributed by atoms with E-state index in [1.54, 1.807) is 0 Å². The third-order valence-corrected chi connectivity index (χ3v) is 4.10. The van der Waals surface area contributed by atoms with Crippen molar-refractivity contribution in [3.05, 3.63) is 42.0 Å². The minimum absolute atomic E-state index is 0.551. The first-order valence-corrected chi connectivity index (χ1v) is 7.17. The summed E-state index contributed by atoms with van der Waals surface area (Å²) in [5.41, 5.74) is 7.92. The Morgan fingerprint density at radius 2 is 2.05 bits per heavy atom. The molecule has 5 nitrogen and oxygen atoms in total. The zero-order valence-electron chi connectivity index (χ0n) is 11.9. The molecule has 1 aromatic carbocycles. The molecule has 1 atom stereocenters. The van der Waals surface area contributed by atoms with Crippen LogP contribution in [-0.2, 0) is 13.1 Å². The lowest BCUT2D eigenvalue weighted by Crippen LogP contribution is -2.34. The Morgan fingerprint density at radius 3 is 2.85 bits per heavy atom. The Kier molecular flexibility index (Phi) is 3.69. The van der Waals surface area contributed by atoms with Crippen LogP contribution in [0.5, 0.6) is 0 Å². The summed E-state index contributed by atoms with van der Waals surface area (Å²) in [4.78, 5) is 2.46. The van der Waals surface area contributed by atoms with Gasteiger partial charge in [-0.05, 0) is 36.6 Å². The number of fused-ring (bicyclic) bond motifs is 1. The van der Waals surface area contributed by atoms with Gasteiger partial charge in [0.2, 0.25) is 0 Å². The van der Waals surface area contributed by atoms with Crippen molar-refractivity contribution < 1.29 is 0 Å². The first-order valence-electron chi connectivity index (χ1n) is 7.17. The average molecular weight is 271 g/mol. The number of benzene rings is 1. The van der Waals surface area contributed by atoms with Gasteiger partial charge in [0.15, 0.2) is 0 Å². The van der Waals surface area contributed by atoms with E-state index in [4.69, 9.17) is 5.73 Å². The molecule has 0 spiro atoms. The first-order chi connectivity index (χ1) is 9.72. The zero-order valence-corrected chi connectivity index (χ0v) is 11.9. The molecular weight excluding hydrogens is 250 g/mol. The number of hydrogen-bond donors (Lipinski definition) is 1. The molecule has 0 amide bonds. The number of rotatable bonds is 4. The van der Waals surface area contributed by atoms with E-state index in [0.29, 0.717) is 5.92 Å².